The van der Waals surface area contributed by atoms with Crippen LogP contribution in [0.1, 0.15) is 22.3 Å². The van der Waals surface area contributed by atoms with Crippen molar-refractivity contribution in [2.24, 2.45) is 0 Å². The van der Waals surface area contributed by atoms with Crippen molar-refractivity contribution in [3.05, 3.63) is 52.6 Å². The Kier molecular flexibility index (Phi) is 3.96. The molecule has 112 valence electrons. The molecule has 5 heteroatoms. The zero-order valence-electron chi connectivity index (χ0n) is 12.7. The Labute approximate surface area is 126 Å². The van der Waals surface area contributed by atoms with Gasteiger partial charge in [-0.25, -0.2) is 8.42 Å². The second kappa shape index (κ2) is 5.41. The maximum Gasteiger partial charge on any atom is 0.261 e. The summed E-state index contributed by atoms with van der Waals surface area (Å²) in [6.45, 7) is 7.69. The average molecular weight is 304 g/mol. The highest BCUT2D eigenvalue weighted by Gasteiger charge is 2.16. The number of nitrogens with one attached hydrogen (secondary N) is 1. The van der Waals surface area contributed by atoms with Gasteiger partial charge in [0.2, 0.25) is 0 Å². The molecule has 0 heterocycles. The molecule has 2 rings (SSSR count). The van der Waals surface area contributed by atoms with E-state index in [0.717, 1.165) is 22.3 Å². The predicted molar refractivity (Wildman–Crippen MR) is 87.1 cm³/mol. The Morgan fingerprint density at radius 1 is 0.857 bits per heavy atom. The summed E-state index contributed by atoms with van der Waals surface area (Å²) in [6, 6.07) is 8.58. The van der Waals surface area contributed by atoms with E-state index in [9.17, 15) is 8.42 Å². The highest BCUT2D eigenvalue weighted by Crippen LogP contribution is 2.26. The van der Waals surface area contributed by atoms with Crippen LogP contribution in [-0.4, -0.2) is 8.42 Å². The number of sulfonamides is 1. The molecule has 0 radical (unpaired) electrons. The Balaban J connectivity index is 2.42. The van der Waals surface area contributed by atoms with Crippen LogP contribution in [-0.2, 0) is 10.0 Å². The van der Waals surface area contributed by atoms with Gasteiger partial charge >= 0.3 is 0 Å². The molecule has 0 aliphatic heterocycles. The van der Waals surface area contributed by atoms with E-state index < -0.39 is 10.0 Å². The lowest BCUT2D eigenvalue weighted by Crippen LogP contribution is -2.14. The Bertz CT molecular complexity index is 796. The quantitative estimate of drug-likeness (QED) is 0.855. The van der Waals surface area contributed by atoms with Gasteiger partial charge in [0.25, 0.3) is 10.0 Å². The number of hydrogen-bond acceptors (Lipinski definition) is 3. The molecule has 2 aromatic carbocycles. The van der Waals surface area contributed by atoms with E-state index in [2.05, 4.69) is 4.72 Å². The van der Waals surface area contributed by atoms with Crippen LogP contribution in [0.5, 0.6) is 0 Å². The molecule has 0 spiro atoms. The van der Waals surface area contributed by atoms with Crippen LogP contribution >= 0.6 is 0 Å². The van der Waals surface area contributed by atoms with Gasteiger partial charge in [0.05, 0.1) is 16.3 Å². The summed E-state index contributed by atoms with van der Waals surface area (Å²) in [5, 5.41) is 0. The predicted octanol–water partition coefficient (Wildman–Crippen LogP) is 3.30. The molecule has 0 saturated carbocycles. The standard InChI is InChI=1S/C16H20N2O2S/c1-10-5-6-14(7-11(10)2)21(19,20)18-16-9-13(4)12(3)8-15(16)17/h5-9,18H,17H2,1-4H3. The van der Waals surface area contributed by atoms with Gasteiger partial charge in [-0.3, -0.25) is 4.72 Å². The van der Waals surface area contributed by atoms with Crippen LogP contribution in [0.25, 0.3) is 0 Å². The molecule has 0 aliphatic rings. The molecule has 0 unspecified atom stereocenters. The minimum Gasteiger partial charge on any atom is -0.397 e. The number of nitrogens with two attached hydrogens (primary N) is 1. The van der Waals surface area contributed by atoms with E-state index in [1.165, 1.54) is 0 Å². The van der Waals surface area contributed by atoms with Crippen LogP contribution in [0, 0.1) is 27.7 Å². The first-order chi connectivity index (χ1) is 9.70. The smallest absolute Gasteiger partial charge is 0.261 e. The fourth-order valence-electron chi connectivity index (χ4n) is 2.01. The third-order valence-corrected chi connectivity index (χ3v) is 5.06. The molecule has 4 nitrogen and oxygen atoms in total. The summed E-state index contributed by atoms with van der Waals surface area (Å²) < 4.78 is 27.5. The summed E-state index contributed by atoms with van der Waals surface area (Å²) in [4.78, 5) is 0.239. The highest BCUT2D eigenvalue weighted by atomic mass is 32.2. The monoisotopic (exact) mass is 304 g/mol. The van der Waals surface area contributed by atoms with Gasteiger partial charge in [-0.05, 0) is 74.2 Å². The Morgan fingerprint density at radius 2 is 1.43 bits per heavy atom. The van der Waals surface area contributed by atoms with Gasteiger partial charge in [-0.1, -0.05) is 6.07 Å². The first kappa shape index (κ1) is 15.4. The van der Waals surface area contributed by atoms with Crippen LogP contribution < -0.4 is 10.5 Å². The van der Waals surface area contributed by atoms with Gasteiger partial charge in [-0.15, -0.1) is 0 Å². The molecule has 3 N–H and O–H groups in total. The highest BCUT2D eigenvalue weighted by molar-refractivity contribution is 7.92. The van der Waals surface area contributed by atoms with E-state index in [0.29, 0.717) is 11.4 Å². The topological polar surface area (TPSA) is 72.2 Å². The number of anilines is 2. The molecular weight excluding hydrogens is 284 g/mol. The fraction of sp³-hybridized carbons (Fsp3) is 0.250. The lowest BCUT2D eigenvalue weighted by Gasteiger charge is -2.13. The lowest BCUT2D eigenvalue weighted by molar-refractivity contribution is 0.601. The average Bonchev–Trinajstić information content (AvgIpc) is 2.39. The fourth-order valence-corrected chi connectivity index (χ4v) is 3.17. The minimum absolute atomic E-state index is 0.239. The summed E-state index contributed by atoms with van der Waals surface area (Å²) in [5.41, 5.74) is 10.7. The van der Waals surface area contributed by atoms with Crippen molar-refractivity contribution in [1.29, 1.82) is 0 Å². The Hall–Kier alpha value is -2.01. The molecule has 0 amide bonds. The third kappa shape index (κ3) is 3.19. The van der Waals surface area contributed by atoms with Gasteiger partial charge in [0.15, 0.2) is 0 Å². The molecular formula is C16H20N2O2S. The zero-order valence-corrected chi connectivity index (χ0v) is 13.5. The second-order valence-electron chi connectivity index (χ2n) is 5.38. The number of rotatable bonds is 3. The van der Waals surface area contributed by atoms with Crippen molar-refractivity contribution in [3.8, 4) is 0 Å². The zero-order chi connectivity index (χ0) is 15.8. The summed E-state index contributed by atoms with van der Waals surface area (Å²) in [7, 11) is -3.63. The van der Waals surface area contributed by atoms with Gasteiger partial charge in [-0.2, -0.15) is 0 Å². The summed E-state index contributed by atoms with van der Waals surface area (Å²) >= 11 is 0. The Morgan fingerprint density at radius 3 is 2.05 bits per heavy atom. The van der Waals surface area contributed by atoms with E-state index >= 15 is 0 Å². The summed E-state index contributed by atoms with van der Waals surface area (Å²) in [5.74, 6) is 0. The normalized spacial score (nSPS) is 11.4. The van der Waals surface area contributed by atoms with E-state index in [-0.39, 0.29) is 4.90 Å². The summed E-state index contributed by atoms with van der Waals surface area (Å²) in [6.07, 6.45) is 0. The maximum absolute atomic E-state index is 12.4. The van der Waals surface area contributed by atoms with Gasteiger partial charge < -0.3 is 5.73 Å². The molecule has 0 saturated heterocycles. The largest absolute Gasteiger partial charge is 0.397 e. The van der Waals surface area contributed by atoms with Crippen molar-refractivity contribution >= 4 is 21.4 Å². The maximum atomic E-state index is 12.4. The molecule has 0 aromatic heterocycles. The molecule has 21 heavy (non-hydrogen) atoms. The van der Waals surface area contributed by atoms with E-state index in [1.54, 1.807) is 30.3 Å². The van der Waals surface area contributed by atoms with Gasteiger partial charge in [0, 0.05) is 0 Å². The number of hydrogen-bond donors (Lipinski definition) is 2. The van der Waals surface area contributed by atoms with Crippen LogP contribution in [0.2, 0.25) is 0 Å². The van der Waals surface area contributed by atoms with Crippen molar-refractivity contribution in [1.82, 2.24) is 0 Å². The van der Waals surface area contributed by atoms with Crippen molar-refractivity contribution in [3.63, 3.8) is 0 Å². The SMILES string of the molecule is Cc1ccc(S(=O)(=O)Nc2cc(C)c(C)cc2N)cc1C. The molecule has 0 atom stereocenters. The van der Waals surface area contributed by atoms with E-state index in [4.69, 9.17) is 5.73 Å². The third-order valence-electron chi connectivity index (χ3n) is 3.70. The van der Waals surface area contributed by atoms with Crippen molar-refractivity contribution in [2.75, 3.05) is 10.5 Å². The van der Waals surface area contributed by atoms with Crippen LogP contribution in [0.15, 0.2) is 35.2 Å². The first-order valence-corrected chi connectivity index (χ1v) is 8.16. The second-order valence-corrected chi connectivity index (χ2v) is 7.06. The van der Waals surface area contributed by atoms with Crippen molar-refractivity contribution < 1.29 is 8.42 Å². The van der Waals surface area contributed by atoms with Crippen LogP contribution in [0.3, 0.4) is 0 Å². The molecule has 0 aliphatic carbocycles. The number of nitrogen functional groups attached to an aromatic ring is 1. The molecule has 0 bridgehead atoms. The lowest BCUT2D eigenvalue weighted by atomic mass is 10.1. The molecule has 2 aromatic rings. The minimum atomic E-state index is -3.63. The number of aryl methyl sites for hydroxylation is 4. The van der Waals surface area contributed by atoms with E-state index in [1.807, 2.05) is 27.7 Å². The first-order valence-electron chi connectivity index (χ1n) is 6.67. The molecule has 0 fully saturated rings. The number of benzene rings is 2. The van der Waals surface area contributed by atoms with Crippen LogP contribution in [0.4, 0.5) is 11.4 Å². The van der Waals surface area contributed by atoms with Gasteiger partial charge in [0.1, 0.15) is 0 Å². The van der Waals surface area contributed by atoms with Crippen molar-refractivity contribution in [2.45, 2.75) is 32.6 Å².